The Labute approximate surface area is 170 Å². The van der Waals surface area contributed by atoms with Crippen molar-refractivity contribution in [2.75, 3.05) is 45.2 Å². The number of hydrogen-bond donors (Lipinski definition) is 1. The molecule has 9 nitrogen and oxygen atoms in total. The summed E-state index contributed by atoms with van der Waals surface area (Å²) >= 11 is 0. The number of nitro benzene ring substituents is 1. The van der Waals surface area contributed by atoms with Crippen molar-refractivity contribution in [2.45, 2.75) is 0 Å². The van der Waals surface area contributed by atoms with Gasteiger partial charge in [0.05, 0.1) is 18.2 Å². The normalized spacial score (nSPS) is 14.7. The molecule has 1 aromatic heterocycles. The molecule has 3 rings (SSSR count). The van der Waals surface area contributed by atoms with E-state index >= 15 is 0 Å². The van der Waals surface area contributed by atoms with Gasteiger partial charge in [0.15, 0.2) is 5.75 Å². The molecule has 0 aliphatic carbocycles. The Balaban J connectivity index is 1.97. The summed E-state index contributed by atoms with van der Waals surface area (Å²) in [5, 5.41) is 19.0. The first-order chi connectivity index (χ1) is 14.0. The molecule has 0 spiro atoms. The van der Waals surface area contributed by atoms with E-state index in [1.807, 2.05) is 26.4 Å². The Morgan fingerprint density at radius 3 is 2.59 bits per heavy atom. The average molecular weight is 398 g/mol. The number of ether oxygens (including phenoxy) is 1. The number of aromatic nitrogens is 2. The fraction of sp³-hybridized carbons (Fsp3) is 0.350. The van der Waals surface area contributed by atoms with E-state index in [0.29, 0.717) is 0 Å². The molecule has 9 heteroatoms. The quantitative estimate of drug-likeness (QED) is 0.435. The molecule has 1 aliphatic heterocycles. The van der Waals surface area contributed by atoms with Crippen molar-refractivity contribution in [2.24, 2.45) is 7.05 Å². The Bertz CT molecular complexity index is 928. The van der Waals surface area contributed by atoms with E-state index < -0.39 is 4.92 Å². The largest absolute Gasteiger partial charge is 0.490 e. The summed E-state index contributed by atoms with van der Waals surface area (Å²) in [6, 6.07) is 3.34. The van der Waals surface area contributed by atoms with Crippen molar-refractivity contribution in [1.82, 2.24) is 20.0 Å². The van der Waals surface area contributed by atoms with Gasteiger partial charge in [0.1, 0.15) is 5.82 Å². The smallest absolute Gasteiger partial charge is 0.311 e. The second-order valence-electron chi connectivity index (χ2n) is 6.71. The summed E-state index contributed by atoms with van der Waals surface area (Å²) in [6.45, 7) is 6.92. The molecule has 0 saturated carbocycles. The number of benzene rings is 1. The van der Waals surface area contributed by atoms with Crippen LogP contribution >= 0.6 is 0 Å². The van der Waals surface area contributed by atoms with E-state index in [9.17, 15) is 10.1 Å². The molecule has 2 heterocycles. The predicted molar refractivity (Wildman–Crippen MR) is 113 cm³/mol. The highest BCUT2D eigenvalue weighted by molar-refractivity contribution is 5.82. The van der Waals surface area contributed by atoms with Crippen LogP contribution in [-0.2, 0) is 7.05 Å². The zero-order valence-corrected chi connectivity index (χ0v) is 17.0. The molecule has 0 bridgehead atoms. The third-order valence-electron chi connectivity index (χ3n) is 5.00. The Morgan fingerprint density at radius 1 is 1.34 bits per heavy atom. The van der Waals surface area contributed by atoms with Crippen molar-refractivity contribution in [3.05, 3.63) is 59.2 Å². The molecule has 0 amide bonds. The number of aryl methyl sites for hydroxylation is 1. The number of methoxy groups -OCH3 is 1. The number of hydrogen-bond acceptors (Lipinski definition) is 7. The second kappa shape index (κ2) is 8.68. The standard InChI is InChI=1S/C20H26N6O3/c1-5-6-20(21-2)25-9-7-24(8-10-25)17-12-19(29-4)18(26(27)28)11-16(17)15-13-22-23(3)14-15/h5-6,11-14,21H,1,7-10H2,2-4H3/b20-6+. The van der Waals surface area contributed by atoms with Crippen molar-refractivity contribution >= 4 is 11.4 Å². The highest BCUT2D eigenvalue weighted by Crippen LogP contribution is 2.40. The van der Waals surface area contributed by atoms with Crippen molar-refractivity contribution in [3.63, 3.8) is 0 Å². The van der Waals surface area contributed by atoms with Crippen LogP contribution in [0.3, 0.4) is 0 Å². The zero-order chi connectivity index (χ0) is 21.0. The van der Waals surface area contributed by atoms with Crippen LogP contribution in [0, 0.1) is 10.1 Å². The number of anilines is 1. The van der Waals surface area contributed by atoms with E-state index in [2.05, 4.69) is 26.8 Å². The average Bonchev–Trinajstić information content (AvgIpc) is 3.17. The fourth-order valence-corrected chi connectivity index (χ4v) is 3.56. The van der Waals surface area contributed by atoms with Crippen LogP contribution in [-0.4, -0.2) is 59.9 Å². The lowest BCUT2D eigenvalue weighted by atomic mass is 10.0. The number of nitrogens with one attached hydrogen (secondary N) is 1. The van der Waals surface area contributed by atoms with Crippen molar-refractivity contribution in [1.29, 1.82) is 0 Å². The minimum absolute atomic E-state index is 0.0554. The van der Waals surface area contributed by atoms with Gasteiger partial charge >= 0.3 is 5.69 Å². The Kier molecular flexibility index (Phi) is 6.06. The summed E-state index contributed by atoms with van der Waals surface area (Å²) in [4.78, 5) is 15.6. The molecule has 1 saturated heterocycles. The summed E-state index contributed by atoms with van der Waals surface area (Å²) in [5.74, 6) is 1.27. The first kappa shape index (κ1) is 20.2. The van der Waals surface area contributed by atoms with Gasteiger partial charge in [-0.1, -0.05) is 12.7 Å². The lowest BCUT2D eigenvalue weighted by Crippen LogP contribution is -2.47. The number of allylic oxidation sites excluding steroid dienone is 2. The van der Waals surface area contributed by atoms with E-state index in [4.69, 9.17) is 4.74 Å². The highest BCUT2D eigenvalue weighted by atomic mass is 16.6. The molecule has 1 fully saturated rings. The van der Waals surface area contributed by atoms with Gasteiger partial charge in [-0.3, -0.25) is 14.8 Å². The molecule has 154 valence electrons. The minimum atomic E-state index is -0.417. The van der Waals surface area contributed by atoms with Crippen LogP contribution in [0.15, 0.2) is 49.1 Å². The second-order valence-corrected chi connectivity index (χ2v) is 6.71. The highest BCUT2D eigenvalue weighted by Gasteiger charge is 2.26. The van der Waals surface area contributed by atoms with Gasteiger partial charge in [-0.25, -0.2) is 0 Å². The van der Waals surface area contributed by atoms with Crippen molar-refractivity contribution in [3.8, 4) is 16.9 Å². The molecule has 1 aromatic carbocycles. The maximum Gasteiger partial charge on any atom is 0.311 e. The number of rotatable bonds is 7. The van der Waals surface area contributed by atoms with Gasteiger partial charge < -0.3 is 19.9 Å². The lowest BCUT2D eigenvalue weighted by Gasteiger charge is -2.39. The predicted octanol–water partition coefficient (Wildman–Crippen LogP) is 2.37. The summed E-state index contributed by atoms with van der Waals surface area (Å²) in [5.41, 5.74) is 2.45. The van der Waals surface area contributed by atoms with Crippen LogP contribution in [0.1, 0.15) is 0 Å². The SMILES string of the molecule is C=C/C=C(\NC)N1CCN(c2cc(OC)c([N+](=O)[O-])cc2-c2cnn(C)c2)CC1. The van der Waals surface area contributed by atoms with E-state index in [1.54, 1.807) is 29.1 Å². The van der Waals surface area contributed by atoms with Crippen molar-refractivity contribution < 1.29 is 9.66 Å². The topological polar surface area (TPSA) is 88.7 Å². The van der Waals surface area contributed by atoms with E-state index in [1.165, 1.54) is 7.11 Å². The third kappa shape index (κ3) is 4.18. The van der Waals surface area contributed by atoms with Gasteiger partial charge in [0.25, 0.3) is 0 Å². The first-order valence-electron chi connectivity index (χ1n) is 9.34. The summed E-state index contributed by atoms with van der Waals surface area (Å²) < 4.78 is 7.00. The number of piperazine rings is 1. The Hall–Kier alpha value is -3.49. The summed E-state index contributed by atoms with van der Waals surface area (Å²) in [7, 11) is 5.17. The maximum absolute atomic E-state index is 11.5. The third-order valence-corrected chi connectivity index (χ3v) is 5.00. The number of nitrogens with zero attached hydrogens (tertiary/aromatic N) is 5. The molecular weight excluding hydrogens is 372 g/mol. The molecule has 1 aliphatic rings. The molecule has 1 N–H and O–H groups in total. The van der Waals surface area contributed by atoms with E-state index in [0.717, 1.165) is 48.8 Å². The fourth-order valence-electron chi connectivity index (χ4n) is 3.56. The lowest BCUT2D eigenvalue weighted by molar-refractivity contribution is -0.385. The molecule has 0 atom stereocenters. The van der Waals surface area contributed by atoms with E-state index in [-0.39, 0.29) is 11.4 Å². The van der Waals surface area contributed by atoms with Gasteiger partial charge in [0.2, 0.25) is 0 Å². The van der Waals surface area contributed by atoms with Gasteiger partial charge in [-0.15, -0.1) is 0 Å². The van der Waals surface area contributed by atoms with Gasteiger partial charge in [0, 0.05) is 75.4 Å². The summed E-state index contributed by atoms with van der Waals surface area (Å²) in [6.07, 6.45) is 7.29. The maximum atomic E-state index is 11.5. The van der Waals surface area contributed by atoms with Crippen LogP contribution in [0.25, 0.3) is 11.1 Å². The Morgan fingerprint density at radius 2 is 2.07 bits per heavy atom. The first-order valence-corrected chi connectivity index (χ1v) is 9.34. The van der Waals surface area contributed by atoms with Crippen LogP contribution in [0.5, 0.6) is 5.75 Å². The molecule has 2 aromatic rings. The number of nitro groups is 1. The zero-order valence-electron chi connectivity index (χ0n) is 17.0. The minimum Gasteiger partial charge on any atom is -0.490 e. The molecular formula is C20H26N6O3. The van der Waals surface area contributed by atoms with Gasteiger partial charge in [-0.05, 0) is 6.08 Å². The van der Waals surface area contributed by atoms with Crippen LogP contribution in [0.4, 0.5) is 11.4 Å². The van der Waals surface area contributed by atoms with Gasteiger partial charge in [-0.2, -0.15) is 5.10 Å². The van der Waals surface area contributed by atoms with Crippen LogP contribution < -0.4 is 15.0 Å². The molecule has 0 radical (unpaired) electrons. The monoisotopic (exact) mass is 398 g/mol. The molecule has 29 heavy (non-hydrogen) atoms. The van der Waals surface area contributed by atoms with Crippen LogP contribution in [0.2, 0.25) is 0 Å². The molecule has 0 unspecified atom stereocenters.